The summed E-state index contributed by atoms with van der Waals surface area (Å²) in [5.74, 6) is 0.354. The van der Waals surface area contributed by atoms with Crippen LogP contribution in [0.2, 0.25) is 0 Å². The molecule has 0 radical (unpaired) electrons. The zero-order valence-electron chi connectivity index (χ0n) is 20.2. The van der Waals surface area contributed by atoms with Gasteiger partial charge in [-0.25, -0.2) is 13.4 Å². The maximum atomic E-state index is 13.4. The Labute approximate surface area is 223 Å². The van der Waals surface area contributed by atoms with Crippen molar-refractivity contribution in [1.29, 1.82) is 0 Å². The van der Waals surface area contributed by atoms with Crippen molar-refractivity contribution < 1.29 is 13.2 Å². The monoisotopic (exact) mass is 547 g/mol. The summed E-state index contributed by atoms with van der Waals surface area (Å²) in [7, 11) is -3.68. The number of aryl methyl sites for hydroxylation is 2. The molecule has 0 bridgehead atoms. The Morgan fingerprint density at radius 1 is 1.05 bits per heavy atom. The smallest absolute Gasteiger partial charge is 0.261 e. The first-order valence-corrected chi connectivity index (χ1v) is 15.4. The van der Waals surface area contributed by atoms with Gasteiger partial charge < -0.3 is 0 Å². The van der Waals surface area contributed by atoms with E-state index in [0.29, 0.717) is 5.69 Å². The van der Waals surface area contributed by atoms with Gasteiger partial charge in [0.1, 0.15) is 0 Å². The number of benzene rings is 3. The molecule has 0 aliphatic heterocycles. The Morgan fingerprint density at radius 2 is 1.84 bits per heavy atom. The average Bonchev–Trinajstić information content (AvgIpc) is 3.46. The van der Waals surface area contributed by atoms with Crippen LogP contribution in [0, 0.1) is 6.92 Å². The molecular formula is C28H25N3O3S3. The van der Waals surface area contributed by atoms with Gasteiger partial charge in [-0.2, -0.15) is 0 Å². The quantitative estimate of drug-likeness (QED) is 0.240. The molecule has 0 amide bonds. The van der Waals surface area contributed by atoms with E-state index < -0.39 is 10.0 Å². The van der Waals surface area contributed by atoms with Crippen LogP contribution in [-0.2, 0) is 22.9 Å². The van der Waals surface area contributed by atoms with E-state index in [2.05, 4.69) is 15.8 Å². The van der Waals surface area contributed by atoms with Crippen molar-refractivity contribution in [2.45, 2.75) is 41.8 Å². The molecule has 0 spiro atoms. The van der Waals surface area contributed by atoms with Crippen molar-refractivity contribution in [3.8, 4) is 0 Å². The zero-order valence-corrected chi connectivity index (χ0v) is 22.7. The molecule has 0 atom stereocenters. The molecule has 1 aliphatic rings. The number of carbonyl (C=O) groups is 1. The van der Waals surface area contributed by atoms with Crippen molar-refractivity contribution in [1.82, 2.24) is 9.55 Å². The lowest BCUT2D eigenvalue weighted by Crippen LogP contribution is -2.18. The summed E-state index contributed by atoms with van der Waals surface area (Å²) in [5, 5.41) is 1.19. The fraction of sp³-hybridized carbons (Fsp3) is 0.214. The Bertz CT molecular complexity index is 1750. The SMILES string of the molecule is Cc1ccc(S(=O)(=O)Nc2ccc3nc(SCC(=O)n4c5c(c6ccccc64)CCCC5)sc3c2)cc1. The summed E-state index contributed by atoms with van der Waals surface area (Å²) >= 11 is 2.89. The van der Waals surface area contributed by atoms with E-state index in [9.17, 15) is 13.2 Å². The number of hydrogen-bond donors (Lipinski definition) is 1. The summed E-state index contributed by atoms with van der Waals surface area (Å²) in [6, 6.07) is 20.2. The predicted molar refractivity (Wildman–Crippen MR) is 152 cm³/mol. The van der Waals surface area contributed by atoms with Crippen LogP contribution in [0.3, 0.4) is 0 Å². The first-order valence-electron chi connectivity index (χ1n) is 12.2. The van der Waals surface area contributed by atoms with E-state index in [1.54, 1.807) is 42.5 Å². The molecule has 6 rings (SSSR count). The number of para-hydroxylation sites is 1. The van der Waals surface area contributed by atoms with Crippen LogP contribution in [-0.4, -0.2) is 29.6 Å². The van der Waals surface area contributed by atoms with Crippen LogP contribution in [0.4, 0.5) is 5.69 Å². The number of nitrogens with zero attached hydrogens (tertiary/aromatic N) is 2. The maximum absolute atomic E-state index is 13.4. The molecule has 0 unspecified atom stereocenters. The third-order valence-corrected chi connectivity index (χ3v) is 10.2. The third-order valence-electron chi connectivity index (χ3n) is 6.70. The molecule has 9 heteroatoms. The largest absolute Gasteiger partial charge is 0.283 e. The highest BCUT2D eigenvalue weighted by atomic mass is 32.2. The fourth-order valence-corrected chi connectivity index (χ4v) is 7.94. The number of thioether (sulfide) groups is 1. The second-order valence-electron chi connectivity index (χ2n) is 9.25. The minimum Gasteiger partial charge on any atom is -0.283 e. The lowest BCUT2D eigenvalue weighted by Gasteiger charge is -2.14. The molecule has 0 saturated carbocycles. The van der Waals surface area contributed by atoms with Gasteiger partial charge in [0.05, 0.1) is 32.1 Å². The van der Waals surface area contributed by atoms with E-state index in [1.165, 1.54) is 40.5 Å². The van der Waals surface area contributed by atoms with Crippen molar-refractivity contribution in [2.24, 2.45) is 0 Å². The molecule has 188 valence electrons. The standard InChI is InChI=1S/C28H25N3O3S3/c1-18-10-13-20(14-11-18)37(33,34)30-19-12-15-23-26(16-19)36-28(29-23)35-17-27(32)31-24-8-4-2-6-21(24)22-7-3-5-9-25(22)31/h2,4,6,8,10-16,30H,3,5,7,9,17H2,1H3. The zero-order chi connectivity index (χ0) is 25.6. The van der Waals surface area contributed by atoms with Crippen LogP contribution < -0.4 is 4.72 Å². The van der Waals surface area contributed by atoms with E-state index in [-0.39, 0.29) is 16.6 Å². The Hall–Kier alpha value is -3.14. The van der Waals surface area contributed by atoms with Gasteiger partial charge in [-0.1, -0.05) is 47.7 Å². The second-order valence-corrected chi connectivity index (χ2v) is 13.2. The molecule has 3 aromatic carbocycles. The van der Waals surface area contributed by atoms with E-state index >= 15 is 0 Å². The maximum Gasteiger partial charge on any atom is 0.261 e. The Kier molecular flexibility index (Phi) is 6.30. The lowest BCUT2D eigenvalue weighted by molar-refractivity contribution is 0.0943. The van der Waals surface area contributed by atoms with Crippen LogP contribution in [0.1, 0.15) is 34.5 Å². The van der Waals surface area contributed by atoms with Gasteiger partial charge in [0.15, 0.2) is 4.34 Å². The van der Waals surface area contributed by atoms with E-state index in [4.69, 9.17) is 0 Å². The summed E-state index contributed by atoms with van der Waals surface area (Å²) in [5.41, 5.74) is 5.73. The molecule has 1 aliphatic carbocycles. The number of carbonyl (C=O) groups excluding carboxylic acids is 1. The number of rotatable bonds is 6. The summed E-state index contributed by atoms with van der Waals surface area (Å²) in [4.78, 5) is 18.3. The van der Waals surface area contributed by atoms with E-state index in [0.717, 1.165) is 50.6 Å². The highest BCUT2D eigenvalue weighted by Crippen LogP contribution is 2.35. The normalized spacial score (nSPS) is 13.6. The first-order chi connectivity index (χ1) is 17.9. The minimum absolute atomic E-state index is 0.0650. The molecule has 2 aromatic heterocycles. The number of thiazole rings is 1. The van der Waals surface area contributed by atoms with Crippen LogP contribution in [0.15, 0.2) is 76.0 Å². The van der Waals surface area contributed by atoms with Gasteiger partial charge in [-0.3, -0.25) is 14.1 Å². The van der Waals surface area contributed by atoms with Gasteiger partial charge >= 0.3 is 0 Å². The first kappa shape index (κ1) is 24.2. The number of sulfonamides is 1. The van der Waals surface area contributed by atoms with Gasteiger partial charge in [-0.05, 0) is 74.6 Å². The highest BCUT2D eigenvalue weighted by molar-refractivity contribution is 8.01. The van der Waals surface area contributed by atoms with E-state index in [1.807, 2.05) is 29.7 Å². The van der Waals surface area contributed by atoms with Gasteiger partial charge in [-0.15, -0.1) is 11.3 Å². The second kappa shape index (κ2) is 9.63. The summed E-state index contributed by atoms with van der Waals surface area (Å²) < 4.78 is 31.8. The highest BCUT2D eigenvalue weighted by Gasteiger charge is 2.23. The Balaban J connectivity index is 1.21. The van der Waals surface area contributed by atoms with Crippen LogP contribution >= 0.6 is 23.1 Å². The Morgan fingerprint density at radius 3 is 2.68 bits per heavy atom. The summed E-state index contributed by atoms with van der Waals surface area (Å²) in [6.45, 7) is 1.92. The van der Waals surface area contributed by atoms with Crippen LogP contribution in [0.25, 0.3) is 21.1 Å². The lowest BCUT2D eigenvalue weighted by atomic mass is 9.96. The predicted octanol–water partition coefficient (Wildman–Crippen LogP) is 6.67. The molecule has 0 saturated heterocycles. The number of anilines is 1. The number of nitrogens with one attached hydrogen (secondary N) is 1. The molecule has 0 fully saturated rings. The average molecular weight is 548 g/mol. The molecule has 1 N–H and O–H groups in total. The minimum atomic E-state index is -3.68. The molecule has 2 heterocycles. The topological polar surface area (TPSA) is 81.1 Å². The van der Waals surface area contributed by atoms with Gasteiger partial charge in [0.2, 0.25) is 5.91 Å². The number of fused-ring (bicyclic) bond motifs is 4. The third kappa shape index (κ3) is 4.67. The molecule has 5 aromatic rings. The van der Waals surface area contributed by atoms with Gasteiger partial charge in [0.25, 0.3) is 10.0 Å². The summed E-state index contributed by atoms with van der Waals surface area (Å²) in [6.07, 6.45) is 4.23. The number of aromatic nitrogens is 2. The van der Waals surface area contributed by atoms with Crippen molar-refractivity contribution >= 4 is 65.8 Å². The fourth-order valence-electron chi connectivity index (χ4n) is 4.93. The molecule has 6 nitrogen and oxygen atoms in total. The van der Waals surface area contributed by atoms with Crippen molar-refractivity contribution in [2.75, 3.05) is 10.5 Å². The van der Waals surface area contributed by atoms with Gasteiger partial charge in [0, 0.05) is 11.1 Å². The van der Waals surface area contributed by atoms with Crippen LogP contribution in [0.5, 0.6) is 0 Å². The molecular weight excluding hydrogens is 523 g/mol. The number of hydrogen-bond acceptors (Lipinski definition) is 6. The molecule has 37 heavy (non-hydrogen) atoms. The van der Waals surface area contributed by atoms with Crippen molar-refractivity contribution in [3.05, 3.63) is 83.6 Å². The van der Waals surface area contributed by atoms with Crippen molar-refractivity contribution in [3.63, 3.8) is 0 Å².